The fourth-order valence-corrected chi connectivity index (χ4v) is 7.65. The number of hydrogen-bond donors (Lipinski definition) is 0. The fourth-order valence-electron chi connectivity index (χ4n) is 7.65. The first-order valence-electron chi connectivity index (χ1n) is 10.9. The minimum Gasteiger partial charge on any atom is -0.0654 e. The predicted octanol–water partition coefficient (Wildman–Crippen LogP) is 6.84. The van der Waals surface area contributed by atoms with Gasteiger partial charge in [0.15, 0.2) is 0 Å². The molecule has 0 aromatic heterocycles. The van der Waals surface area contributed by atoms with Crippen molar-refractivity contribution in [3.8, 4) is 0 Å². The Bertz CT molecular complexity index is 357. The highest BCUT2D eigenvalue weighted by atomic mass is 14.5. The van der Waals surface area contributed by atoms with Crippen molar-refractivity contribution in [3.63, 3.8) is 0 Å². The van der Waals surface area contributed by atoms with Gasteiger partial charge in [0, 0.05) is 0 Å². The maximum Gasteiger partial charge on any atom is -0.0355 e. The third-order valence-electron chi connectivity index (χ3n) is 8.43. The second-order valence-corrected chi connectivity index (χ2v) is 9.44. The summed E-state index contributed by atoms with van der Waals surface area (Å²) in [5, 5.41) is 0. The normalized spacial score (nSPS) is 48.7. The van der Waals surface area contributed by atoms with Crippen LogP contribution in [0.3, 0.4) is 0 Å². The maximum atomic E-state index is 2.42. The van der Waals surface area contributed by atoms with Gasteiger partial charge in [0.05, 0.1) is 0 Å². The predicted molar refractivity (Wildman–Crippen MR) is 94.7 cm³/mol. The van der Waals surface area contributed by atoms with Crippen LogP contribution in [0.15, 0.2) is 0 Å². The molecule has 0 bridgehead atoms. The summed E-state index contributed by atoms with van der Waals surface area (Å²) in [5.41, 5.74) is 0. The molecule has 0 amide bonds. The number of fused-ring (bicyclic) bond motifs is 2. The summed E-state index contributed by atoms with van der Waals surface area (Å²) in [7, 11) is 0. The Balaban J connectivity index is 1.48. The third-order valence-corrected chi connectivity index (χ3v) is 8.43. The Morgan fingerprint density at radius 1 is 0.591 bits per heavy atom. The zero-order valence-electron chi connectivity index (χ0n) is 14.9. The van der Waals surface area contributed by atoms with E-state index in [0.717, 1.165) is 41.4 Å². The van der Waals surface area contributed by atoms with Crippen LogP contribution in [0, 0.1) is 41.4 Å². The molecule has 0 radical (unpaired) electrons. The summed E-state index contributed by atoms with van der Waals surface area (Å²) in [6.45, 7) is 2.42. The molecule has 0 saturated heterocycles. The topological polar surface area (TPSA) is 0 Å². The van der Waals surface area contributed by atoms with E-state index in [-0.39, 0.29) is 0 Å². The van der Waals surface area contributed by atoms with E-state index in [0.29, 0.717) is 0 Å². The molecule has 0 N–H and O–H groups in total. The summed E-state index contributed by atoms with van der Waals surface area (Å²) in [4.78, 5) is 0. The van der Waals surface area contributed by atoms with Gasteiger partial charge in [-0.05, 0) is 73.5 Å². The van der Waals surface area contributed by atoms with Crippen LogP contribution in [0.2, 0.25) is 0 Å². The van der Waals surface area contributed by atoms with E-state index >= 15 is 0 Å². The second-order valence-electron chi connectivity index (χ2n) is 9.44. The summed E-state index contributed by atoms with van der Waals surface area (Å²) in [6, 6.07) is 0. The average molecular weight is 303 g/mol. The fraction of sp³-hybridized carbons (Fsp3) is 1.00. The van der Waals surface area contributed by atoms with Crippen LogP contribution in [-0.4, -0.2) is 0 Å². The Morgan fingerprint density at radius 2 is 1.23 bits per heavy atom. The van der Waals surface area contributed by atoms with Crippen molar-refractivity contribution in [3.05, 3.63) is 0 Å². The van der Waals surface area contributed by atoms with Gasteiger partial charge in [0.2, 0.25) is 0 Å². The van der Waals surface area contributed by atoms with Gasteiger partial charge in [-0.1, -0.05) is 64.7 Å². The van der Waals surface area contributed by atoms with E-state index in [4.69, 9.17) is 0 Å². The summed E-state index contributed by atoms with van der Waals surface area (Å²) >= 11 is 0. The molecule has 4 aliphatic carbocycles. The Kier molecular flexibility index (Phi) is 4.84. The minimum absolute atomic E-state index is 1.11. The summed E-state index contributed by atoms with van der Waals surface area (Å²) in [6.07, 6.45) is 22.0. The maximum absolute atomic E-state index is 2.42. The molecule has 4 fully saturated rings. The van der Waals surface area contributed by atoms with E-state index in [9.17, 15) is 0 Å². The molecular weight excluding hydrogens is 264 g/mol. The van der Waals surface area contributed by atoms with E-state index in [1.165, 1.54) is 6.42 Å². The lowest BCUT2D eigenvalue weighted by molar-refractivity contribution is 0.0101. The van der Waals surface area contributed by atoms with Crippen molar-refractivity contribution in [1.29, 1.82) is 0 Å². The first-order valence-corrected chi connectivity index (χ1v) is 10.9. The summed E-state index contributed by atoms with van der Waals surface area (Å²) < 4.78 is 0. The Morgan fingerprint density at radius 3 is 2.09 bits per heavy atom. The lowest BCUT2D eigenvalue weighted by Crippen LogP contribution is -2.40. The van der Waals surface area contributed by atoms with E-state index in [2.05, 4.69) is 6.92 Å². The van der Waals surface area contributed by atoms with Gasteiger partial charge in [-0.25, -0.2) is 0 Å². The molecule has 0 spiro atoms. The number of hydrogen-bond acceptors (Lipinski definition) is 0. The van der Waals surface area contributed by atoms with Gasteiger partial charge in [-0.3, -0.25) is 0 Å². The molecule has 4 saturated carbocycles. The highest BCUT2D eigenvalue weighted by molar-refractivity contribution is 4.95. The highest BCUT2D eigenvalue weighted by Crippen LogP contribution is 2.55. The van der Waals surface area contributed by atoms with Gasteiger partial charge in [0.25, 0.3) is 0 Å². The smallest absolute Gasteiger partial charge is 0.0355 e. The monoisotopic (exact) mass is 302 g/mol. The lowest BCUT2D eigenvalue weighted by Gasteiger charge is -2.49. The van der Waals surface area contributed by atoms with Crippen LogP contribution in [0.4, 0.5) is 0 Å². The molecule has 22 heavy (non-hydrogen) atoms. The molecule has 4 rings (SSSR count). The first-order chi connectivity index (χ1) is 10.9. The molecule has 4 aliphatic rings. The second kappa shape index (κ2) is 6.86. The molecular formula is C22H38. The molecule has 0 aliphatic heterocycles. The molecule has 0 nitrogen and oxygen atoms in total. The number of rotatable bonds is 3. The standard InChI is InChI=1S/C22H38/c1-2-7-17-14-19(15-18-10-6-12-20(17)18)22-13-5-9-16-8-3-4-11-21(16)22/h16-22H,2-15H2,1H3. The SMILES string of the molecule is CCCC1CC(C2CCCC3CCCCC32)CC2CCCC12. The van der Waals surface area contributed by atoms with Crippen LogP contribution in [0.5, 0.6) is 0 Å². The third kappa shape index (κ3) is 2.89. The molecule has 0 aromatic carbocycles. The van der Waals surface area contributed by atoms with Crippen molar-refractivity contribution in [2.75, 3.05) is 0 Å². The van der Waals surface area contributed by atoms with Crippen LogP contribution < -0.4 is 0 Å². The van der Waals surface area contributed by atoms with Gasteiger partial charge in [0.1, 0.15) is 0 Å². The average Bonchev–Trinajstić information content (AvgIpc) is 3.03. The lowest BCUT2D eigenvalue weighted by atomic mass is 9.56. The van der Waals surface area contributed by atoms with Crippen LogP contribution in [0.1, 0.15) is 96.8 Å². The molecule has 7 atom stereocenters. The first kappa shape index (κ1) is 15.5. The van der Waals surface area contributed by atoms with Gasteiger partial charge >= 0.3 is 0 Å². The van der Waals surface area contributed by atoms with Crippen molar-refractivity contribution in [2.24, 2.45) is 41.4 Å². The molecule has 0 aromatic rings. The van der Waals surface area contributed by atoms with E-state index < -0.39 is 0 Å². The molecule has 0 heterocycles. The van der Waals surface area contributed by atoms with Crippen molar-refractivity contribution < 1.29 is 0 Å². The van der Waals surface area contributed by atoms with Crippen LogP contribution in [0.25, 0.3) is 0 Å². The van der Waals surface area contributed by atoms with Crippen molar-refractivity contribution in [2.45, 2.75) is 96.8 Å². The van der Waals surface area contributed by atoms with Crippen molar-refractivity contribution in [1.82, 2.24) is 0 Å². The zero-order valence-corrected chi connectivity index (χ0v) is 14.9. The highest BCUT2D eigenvalue weighted by Gasteiger charge is 2.45. The van der Waals surface area contributed by atoms with Gasteiger partial charge < -0.3 is 0 Å². The molecule has 126 valence electrons. The quantitative estimate of drug-likeness (QED) is 0.535. The van der Waals surface area contributed by atoms with Gasteiger partial charge in [-0.15, -0.1) is 0 Å². The Hall–Kier alpha value is 0. The Labute approximate surface area is 138 Å². The molecule has 0 heteroatoms. The van der Waals surface area contributed by atoms with Gasteiger partial charge in [-0.2, -0.15) is 0 Å². The van der Waals surface area contributed by atoms with E-state index in [1.807, 2.05) is 0 Å². The minimum atomic E-state index is 1.11. The van der Waals surface area contributed by atoms with Crippen molar-refractivity contribution >= 4 is 0 Å². The van der Waals surface area contributed by atoms with E-state index in [1.54, 1.807) is 83.5 Å². The van der Waals surface area contributed by atoms with Crippen LogP contribution >= 0.6 is 0 Å². The summed E-state index contributed by atoms with van der Waals surface area (Å²) in [5.74, 6) is 7.94. The largest absolute Gasteiger partial charge is 0.0654 e. The zero-order chi connectivity index (χ0) is 14.9. The molecule has 7 unspecified atom stereocenters. The van der Waals surface area contributed by atoms with Crippen LogP contribution in [-0.2, 0) is 0 Å².